The van der Waals surface area contributed by atoms with Crippen LogP contribution in [0.5, 0.6) is 0 Å². The molecule has 0 saturated carbocycles. The van der Waals surface area contributed by atoms with E-state index in [9.17, 15) is 0 Å². The Hall–Kier alpha value is -3.41. The molecule has 136 valence electrons. The van der Waals surface area contributed by atoms with Gasteiger partial charge in [0.2, 0.25) is 0 Å². The molecule has 0 spiro atoms. The summed E-state index contributed by atoms with van der Waals surface area (Å²) in [6.45, 7) is 1.35. The third kappa shape index (κ3) is 3.74. The lowest BCUT2D eigenvalue weighted by atomic mass is 10.0. The zero-order valence-electron chi connectivity index (χ0n) is 15.3. The second-order valence-corrected chi connectivity index (χ2v) is 6.29. The minimum absolute atomic E-state index is 0.555. The van der Waals surface area contributed by atoms with Crippen LogP contribution in [0.2, 0.25) is 0 Å². The predicted molar refractivity (Wildman–Crippen MR) is 109 cm³/mol. The number of hydrogen-bond donors (Lipinski definition) is 2. The summed E-state index contributed by atoms with van der Waals surface area (Å²) in [5.74, 6) is 1.60. The number of rotatable bonds is 5. The molecule has 0 amide bonds. The fraction of sp³-hybridized carbons (Fsp3) is 0.190. The molecule has 2 aromatic carbocycles. The van der Waals surface area contributed by atoms with Crippen molar-refractivity contribution in [3.63, 3.8) is 0 Å². The van der Waals surface area contributed by atoms with Crippen LogP contribution in [0.3, 0.4) is 0 Å². The highest BCUT2D eigenvalue weighted by atomic mass is 15.3. The number of pyridine rings is 1. The van der Waals surface area contributed by atoms with Crippen LogP contribution in [0.1, 0.15) is 11.4 Å². The van der Waals surface area contributed by atoms with Crippen molar-refractivity contribution < 1.29 is 0 Å². The lowest BCUT2D eigenvalue weighted by Crippen LogP contribution is -2.38. The summed E-state index contributed by atoms with van der Waals surface area (Å²) in [5, 5.41) is 17.7. The number of aliphatic imine (C=N–C) groups is 1. The molecule has 0 aliphatic heterocycles. The Balaban J connectivity index is 1.35. The molecule has 0 radical (unpaired) electrons. The Morgan fingerprint density at radius 3 is 2.74 bits per heavy atom. The van der Waals surface area contributed by atoms with Gasteiger partial charge in [0.1, 0.15) is 0 Å². The van der Waals surface area contributed by atoms with Crippen LogP contribution in [0.25, 0.3) is 16.4 Å². The van der Waals surface area contributed by atoms with Crippen LogP contribution in [0.4, 0.5) is 0 Å². The van der Waals surface area contributed by atoms with Crippen molar-refractivity contribution in [1.82, 2.24) is 25.2 Å². The first kappa shape index (κ1) is 17.0. The summed E-state index contributed by atoms with van der Waals surface area (Å²) in [7, 11) is 1.77. The van der Waals surface area contributed by atoms with Crippen molar-refractivity contribution in [2.45, 2.75) is 13.0 Å². The Morgan fingerprint density at radius 2 is 1.81 bits per heavy atom. The SMILES string of the molecule is CN=C(NCCc1cccc2ccccc12)NCc1nnc2ccccn12. The molecule has 0 atom stereocenters. The van der Waals surface area contributed by atoms with Crippen LogP contribution in [0.15, 0.2) is 71.9 Å². The van der Waals surface area contributed by atoms with E-state index in [1.165, 1.54) is 16.3 Å². The maximum Gasteiger partial charge on any atom is 0.191 e. The van der Waals surface area contributed by atoms with Gasteiger partial charge < -0.3 is 10.6 Å². The number of guanidine groups is 1. The van der Waals surface area contributed by atoms with Crippen LogP contribution < -0.4 is 10.6 Å². The van der Waals surface area contributed by atoms with Gasteiger partial charge in [-0.3, -0.25) is 9.39 Å². The van der Waals surface area contributed by atoms with E-state index < -0.39 is 0 Å². The quantitative estimate of drug-likeness (QED) is 0.425. The van der Waals surface area contributed by atoms with Gasteiger partial charge in [-0.25, -0.2) is 0 Å². The molecule has 0 fully saturated rings. The molecule has 0 unspecified atom stereocenters. The average molecular weight is 358 g/mol. The van der Waals surface area contributed by atoms with Gasteiger partial charge in [0, 0.05) is 19.8 Å². The number of fused-ring (bicyclic) bond motifs is 2. The second-order valence-electron chi connectivity index (χ2n) is 6.29. The van der Waals surface area contributed by atoms with E-state index in [0.717, 1.165) is 30.4 Å². The van der Waals surface area contributed by atoms with Gasteiger partial charge in [-0.2, -0.15) is 0 Å². The standard InChI is InChI=1S/C21H22N6/c1-22-21(24-15-20-26-25-19-11-4-5-14-27(19)20)23-13-12-17-9-6-8-16-7-2-3-10-18(16)17/h2-11,14H,12-13,15H2,1H3,(H2,22,23,24). The molecule has 2 heterocycles. The summed E-state index contributed by atoms with van der Waals surface area (Å²) in [5.41, 5.74) is 2.17. The summed E-state index contributed by atoms with van der Waals surface area (Å²) in [6.07, 6.45) is 2.89. The van der Waals surface area contributed by atoms with E-state index in [2.05, 4.69) is 68.3 Å². The Bertz CT molecular complexity index is 1080. The number of nitrogens with one attached hydrogen (secondary N) is 2. The monoisotopic (exact) mass is 358 g/mol. The zero-order chi connectivity index (χ0) is 18.5. The van der Waals surface area contributed by atoms with Crippen molar-refractivity contribution in [1.29, 1.82) is 0 Å². The van der Waals surface area contributed by atoms with Crippen molar-refractivity contribution in [3.05, 3.63) is 78.2 Å². The molecule has 6 heteroatoms. The van der Waals surface area contributed by atoms with E-state index in [4.69, 9.17) is 0 Å². The molecule has 4 aromatic rings. The van der Waals surface area contributed by atoms with Crippen molar-refractivity contribution in [3.8, 4) is 0 Å². The molecule has 0 saturated heterocycles. The summed E-state index contributed by atoms with van der Waals surface area (Å²) in [6, 6.07) is 20.8. The Labute approximate surface area is 158 Å². The molecule has 4 rings (SSSR count). The largest absolute Gasteiger partial charge is 0.356 e. The first-order valence-corrected chi connectivity index (χ1v) is 9.05. The van der Waals surface area contributed by atoms with Crippen LogP contribution in [-0.4, -0.2) is 34.2 Å². The predicted octanol–water partition coefficient (Wildman–Crippen LogP) is 2.79. The Kier molecular flexibility index (Phi) is 4.96. The number of aromatic nitrogens is 3. The smallest absolute Gasteiger partial charge is 0.191 e. The van der Waals surface area contributed by atoms with Gasteiger partial charge in [-0.05, 0) is 34.9 Å². The summed E-state index contributed by atoms with van der Waals surface area (Å²) < 4.78 is 1.97. The van der Waals surface area contributed by atoms with Crippen LogP contribution >= 0.6 is 0 Å². The van der Waals surface area contributed by atoms with Gasteiger partial charge in [-0.1, -0.05) is 48.5 Å². The summed E-state index contributed by atoms with van der Waals surface area (Å²) >= 11 is 0. The van der Waals surface area contributed by atoms with Crippen molar-refractivity contribution in [2.24, 2.45) is 4.99 Å². The zero-order valence-corrected chi connectivity index (χ0v) is 15.3. The molecule has 6 nitrogen and oxygen atoms in total. The second kappa shape index (κ2) is 7.86. The van der Waals surface area contributed by atoms with Crippen molar-refractivity contribution in [2.75, 3.05) is 13.6 Å². The maximum absolute atomic E-state index is 4.30. The molecular formula is C21H22N6. The normalized spacial score (nSPS) is 11.8. The summed E-state index contributed by atoms with van der Waals surface area (Å²) in [4.78, 5) is 4.30. The maximum atomic E-state index is 4.30. The highest BCUT2D eigenvalue weighted by molar-refractivity contribution is 5.85. The van der Waals surface area contributed by atoms with Crippen LogP contribution in [-0.2, 0) is 13.0 Å². The van der Waals surface area contributed by atoms with Crippen molar-refractivity contribution >= 4 is 22.4 Å². The molecular weight excluding hydrogens is 336 g/mol. The molecule has 0 aliphatic carbocycles. The topological polar surface area (TPSA) is 66.6 Å². The van der Waals surface area contributed by atoms with Crippen LogP contribution in [0, 0.1) is 0 Å². The third-order valence-electron chi connectivity index (χ3n) is 4.59. The first-order chi connectivity index (χ1) is 13.3. The third-order valence-corrected chi connectivity index (χ3v) is 4.59. The highest BCUT2D eigenvalue weighted by Crippen LogP contribution is 2.18. The fourth-order valence-corrected chi connectivity index (χ4v) is 3.22. The highest BCUT2D eigenvalue weighted by Gasteiger charge is 2.06. The van der Waals surface area contributed by atoms with E-state index in [1.54, 1.807) is 7.05 Å². The van der Waals surface area contributed by atoms with Gasteiger partial charge in [0.05, 0.1) is 6.54 Å². The van der Waals surface area contributed by atoms with E-state index in [0.29, 0.717) is 6.54 Å². The Morgan fingerprint density at radius 1 is 0.963 bits per heavy atom. The molecule has 0 aliphatic rings. The lowest BCUT2D eigenvalue weighted by molar-refractivity contribution is 0.758. The first-order valence-electron chi connectivity index (χ1n) is 9.05. The van der Waals surface area contributed by atoms with Gasteiger partial charge >= 0.3 is 0 Å². The lowest BCUT2D eigenvalue weighted by Gasteiger charge is -2.12. The van der Waals surface area contributed by atoms with E-state index in [-0.39, 0.29) is 0 Å². The van der Waals surface area contributed by atoms with Gasteiger partial charge in [0.15, 0.2) is 17.4 Å². The molecule has 2 N–H and O–H groups in total. The molecule has 2 aromatic heterocycles. The number of benzene rings is 2. The molecule has 0 bridgehead atoms. The van der Waals surface area contributed by atoms with E-state index in [1.807, 2.05) is 28.8 Å². The molecule has 27 heavy (non-hydrogen) atoms. The minimum Gasteiger partial charge on any atom is -0.356 e. The number of nitrogens with zero attached hydrogens (tertiary/aromatic N) is 4. The van der Waals surface area contributed by atoms with E-state index >= 15 is 0 Å². The fourth-order valence-electron chi connectivity index (χ4n) is 3.22. The van der Waals surface area contributed by atoms with Gasteiger partial charge in [-0.15, -0.1) is 10.2 Å². The number of hydrogen-bond acceptors (Lipinski definition) is 3. The average Bonchev–Trinajstić information content (AvgIpc) is 3.14. The van der Waals surface area contributed by atoms with Gasteiger partial charge in [0.25, 0.3) is 0 Å². The minimum atomic E-state index is 0.555.